The molecule has 9 heavy (non-hydrogen) atoms. The summed E-state index contributed by atoms with van der Waals surface area (Å²) in [5.74, 6) is -4.37. The van der Waals surface area contributed by atoms with Crippen LogP contribution in [0.3, 0.4) is 0 Å². The minimum absolute atomic E-state index is 0. The molecule has 54 valence electrons. The molecule has 0 fully saturated rings. The van der Waals surface area contributed by atoms with Crippen molar-refractivity contribution in [2.75, 3.05) is 0 Å². The van der Waals surface area contributed by atoms with Crippen molar-refractivity contribution in [3.63, 3.8) is 0 Å². The van der Waals surface area contributed by atoms with Gasteiger partial charge >= 0.3 is 17.4 Å². The van der Waals surface area contributed by atoms with Gasteiger partial charge in [0, 0.05) is 0 Å². The predicted molar refractivity (Wildman–Crippen MR) is 17.2 cm³/mol. The Balaban J connectivity index is -0.0000000417. The molecule has 0 aromatic carbocycles. The molecule has 0 aliphatic heterocycles. The number of aliphatic carboxylic acids is 2. The van der Waals surface area contributed by atoms with E-state index in [1.807, 2.05) is 0 Å². The molecule has 0 amide bonds. The Bertz CT molecular complexity index is 77.1. The van der Waals surface area contributed by atoms with E-state index in [2.05, 4.69) is 0 Å². The summed E-state index contributed by atoms with van der Waals surface area (Å²) in [5.41, 5.74) is 0. The van der Waals surface area contributed by atoms with E-state index in [4.69, 9.17) is 19.8 Å². The summed E-state index contributed by atoms with van der Waals surface area (Å²) in [7, 11) is 0. The summed E-state index contributed by atoms with van der Waals surface area (Å²) in [5, 5.41) is 17.9. The molecule has 0 radical (unpaired) electrons. The molecular formula is C2H4CrO6. The Morgan fingerprint density at radius 3 is 1.00 bits per heavy atom. The number of carbonyl (C=O) groups excluding carboxylic acids is 2. The van der Waals surface area contributed by atoms with Crippen molar-refractivity contribution >= 4 is 11.9 Å². The van der Waals surface area contributed by atoms with Gasteiger partial charge in [-0.2, -0.15) is 0 Å². The Morgan fingerprint density at radius 2 is 1.00 bits per heavy atom. The van der Waals surface area contributed by atoms with Crippen LogP contribution in [0.4, 0.5) is 0 Å². The van der Waals surface area contributed by atoms with Gasteiger partial charge in [-0.3, -0.25) is 0 Å². The average molecular weight is 176 g/mol. The molecule has 0 aromatic rings. The van der Waals surface area contributed by atoms with Crippen molar-refractivity contribution < 1.29 is 48.1 Å². The summed E-state index contributed by atoms with van der Waals surface area (Å²) >= 11 is 0. The molecule has 0 unspecified atom stereocenters. The molecule has 0 heterocycles. The van der Waals surface area contributed by atoms with Crippen LogP contribution in [-0.4, -0.2) is 22.9 Å². The van der Waals surface area contributed by atoms with Gasteiger partial charge in [0.2, 0.25) is 0 Å². The van der Waals surface area contributed by atoms with Crippen molar-refractivity contribution in [2.24, 2.45) is 0 Å². The van der Waals surface area contributed by atoms with Crippen LogP contribution in [0, 0.1) is 0 Å². The summed E-state index contributed by atoms with van der Waals surface area (Å²) < 4.78 is 0. The molecule has 7 heteroatoms. The SMILES string of the molecule is O.O.O=C([O-])C(=O)[O-].[Cr+2]. The number of carbonyl (C=O) groups is 2. The molecule has 0 saturated carbocycles. The van der Waals surface area contributed by atoms with Crippen LogP contribution in [0.2, 0.25) is 0 Å². The van der Waals surface area contributed by atoms with Gasteiger partial charge in [0.05, 0.1) is 11.9 Å². The van der Waals surface area contributed by atoms with Crippen LogP contribution in [0.15, 0.2) is 0 Å². The average Bonchev–Trinajstić information content (AvgIpc) is 1.36. The zero-order valence-electron chi connectivity index (χ0n) is 4.04. The number of rotatable bonds is 0. The Labute approximate surface area is 60.9 Å². The van der Waals surface area contributed by atoms with Gasteiger partial charge in [0.25, 0.3) is 0 Å². The van der Waals surface area contributed by atoms with Gasteiger partial charge in [-0.25, -0.2) is 0 Å². The standard InChI is InChI=1S/C2H2O4.Cr.2H2O/c3-1(4)2(5)6;;;/h(H,3,4)(H,5,6);;2*1H2/q;+2;;/p-2. The van der Waals surface area contributed by atoms with E-state index in [9.17, 15) is 0 Å². The second-order valence-corrected chi connectivity index (χ2v) is 0.575. The minimum atomic E-state index is -2.19. The normalized spacial score (nSPS) is 4.89. The van der Waals surface area contributed by atoms with Crippen LogP contribution in [-0.2, 0) is 27.0 Å². The largest absolute Gasteiger partial charge is 2.00 e. The molecule has 6 nitrogen and oxygen atoms in total. The first-order valence-electron chi connectivity index (χ1n) is 1.07. The molecule has 0 bridgehead atoms. The summed E-state index contributed by atoms with van der Waals surface area (Å²) in [4.78, 5) is 17.9. The number of carboxylic acids is 2. The molecular weight excluding hydrogens is 172 g/mol. The fourth-order valence-electron chi connectivity index (χ4n) is 0. The van der Waals surface area contributed by atoms with Crippen LogP contribution >= 0.6 is 0 Å². The second-order valence-electron chi connectivity index (χ2n) is 0.575. The van der Waals surface area contributed by atoms with Crippen molar-refractivity contribution in [3.8, 4) is 0 Å². The number of hydrogen-bond donors (Lipinski definition) is 0. The minimum Gasteiger partial charge on any atom is -0.543 e. The van der Waals surface area contributed by atoms with Crippen LogP contribution in [0.25, 0.3) is 0 Å². The third kappa shape index (κ3) is 18.7. The van der Waals surface area contributed by atoms with E-state index in [-0.39, 0.29) is 28.3 Å². The third-order valence-electron chi connectivity index (χ3n) is 0.167. The van der Waals surface area contributed by atoms with Crippen molar-refractivity contribution in [2.45, 2.75) is 0 Å². The molecule has 0 atom stereocenters. The van der Waals surface area contributed by atoms with E-state index >= 15 is 0 Å². The number of carboxylic acid groups (broad SMARTS) is 2. The van der Waals surface area contributed by atoms with Crippen molar-refractivity contribution in [3.05, 3.63) is 0 Å². The van der Waals surface area contributed by atoms with E-state index in [1.165, 1.54) is 0 Å². The first kappa shape index (κ1) is 23.8. The van der Waals surface area contributed by atoms with Gasteiger partial charge in [-0.1, -0.05) is 0 Å². The summed E-state index contributed by atoms with van der Waals surface area (Å²) in [6, 6.07) is 0. The zero-order valence-corrected chi connectivity index (χ0v) is 5.32. The first-order chi connectivity index (χ1) is 2.64. The fourth-order valence-corrected chi connectivity index (χ4v) is 0. The Hall–Kier alpha value is -0.608. The van der Waals surface area contributed by atoms with Crippen LogP contribution in [0.5, 0.6) is 0 Å². The zero-order chi connectivity index (χ0) is 5.15. The molecule has 0 aliphatic rings. The maximum absolute atomic E-state index is 8.93. The van der Waals surface area contributed by atoms with Gasteiger partial charge in [-0.15, -0.1) is 0 Å². The smallest absolute Gasteiger partial charge is 0.543 e. The third-order valence-corrected chi connectivity index (χ3v) is 0.167. The Kier molecular flexibility index (Phi) is 27.4. The molecule has 0 aliphatic carbocycles. The molecule has 0 rings (SSSR count). The second kappa shape index (κ2) is 10.4. The van der Waals surface area contributed by atoms with Crippen molar-refractivity contribution in [1.29, 1.82) is 0 Å². The van der Waals surface area contributed by atoms with Crippen molar-refractivity contribution in [1.82, 2.24) is 0 Å². The van der Waals surface area contributed by atoms with E-state index < -0.39 is 11.9 Å². The number of hydrogen-bond acceptors (Lipinski definition) is 4. The fraction of sp³-hybridized carbons (Fsp3) is 0. The van der Waals surface area contributed by atoms with Gasteiger partial charge in [-0.05, 0) is 0 Å². The molecule has 4 N–H and O–H groups in total. The molecule has 0 saturated heterocycles. The summed E-state index contributed by atoms with van der Waals surface area (Å²) in [6.07, 6.45) is 0. The van der Waals surface area contributed by atoms with Gasteiger partial charge in [0.1, 0.15) is 0 Å². The van der Waals surface area contributed by atoms with Gasteiger partial charge < -0.3 is 30.8 Å². The maximum atomic E-state index is 8.93. The van der Waals surface area contributed by atoms with E-state index in [1.54, 1.807) is 0 Å². The van der Waals surface area contributed by atoms with Gasteiger partial charge in [0.15, 0.2) is 0 Å². The first-order valence-corrected chi connectivity index (χ1v) is 1.07. The predicted octanol–water partition coefficient (Wildman–Crippen LogP) is -5.17. The van der Waals surface area contributed by atoms with E-state index in [0.717, 1.165) is 0 Å². The van der Waals surface area contributed by atoms with Crippen LogP contribution < -0.4 is 10.2 Å². The monoisotopic (exact) mass is 176 g/mol. The topological polar surface area (TPSA) is 143 Å². The molecule has 0 spiro atoms. The maximum Gasteiger partial charge on any atom is 2.00 e. The van der Waals surface area contributed by atoms with Crippen LogP contribution in [0.1, 0.15) is 0 Å². The molecule has 0 aromatic heterocycles. The van der Waals surface area contributed by atoms with E-state index in [0.29, 0.717) is 0 Å². The summed E-state index contributed by atoms with van der Waals surface area (Å²) in [6.45, 7) is 0. The quantitative estimate of drug-likeness (QED) is 0.339. The Morgan fingerprint density at radius 1 is 0.889 bits per heavy atom.